The van der Waals surface area contributed by atoms with Gasteiger partial charge in [0.2, 0.25) is 0 Å². The number of carbonyl (C=O) groups is 1. The zero-order valence-electron chi connectivity index (χ0n) is 8.28. The number of hydrogen-bond acceptors (Lipinski definition) is 2. The summed E-state index contributed by atoms with van der Waals surface area (Å²) in [4.78, 5) is 15.0. The number of carboxylic acid groups (broad SMARTS) is 1. The second kappa shape index (κ2) is 3.05. The van der Waals surface area contributed by atoms with Crippen molar-refractivity contribution in [3.8, 4) is 0 Å². The van der Waals surface area contributed by atoms with Crippen molar-refractivity contribution in [2.45, 2.75) is 13.8 Å². The lowest BCUT2D eigenvalue weighted by molar-refractivity contribution is 0.0688. The Kier molecular flexibility index (Phi) is 1.96. The van der Waals surface area contributed by atoms with E-state index in [2.05, 4.69) is 4.98 Å². The number of aryl methyl sites for hydroxylation is 2. The number of pyridine rings is 1. The molecule has 2 aromatic rings. The van der Waals surface area contributed by atoms with Crippen molar-refractivity contribution in [2.75, 3.05) is 0 Å². The van der Waals surface area contributed by atoms with Gasteiger partial charge in [0.05, 0.1) is 11.4 Å². The predicted molar refractivity (Wildman–Crippen MR) is 51.6 cm³/mol. The first-order chi connectivity index (χ1) is 7.02. The third-order valence-electron chi connectivity index (χ3n) is 2.34. The number of imidazole rings is 1. The molecule has 1 N–H and O–H groups in total. The number of halogens is 1. The summed E-state index contributed by atoms with van der Waals surface area (Å²) in [6.45, 7) is 3.11. The molecule has 0 amide bonds. The van der Waals surface area contributed by atoms with E-state index in [1.54, 1.807) is 6.92 Å². The van der Waals surface area contributed by atoms with Crippen LogP contribution in [0.2, 0.25) is 0 Å². The van der Waals surface area contributed by atoms with Crippen molar-refractivity contribution < 1.29 is 14.3 Å². The van der Waals surface area contributed by atoms with Crippen LogP contribution in [-0.4, -0.2) is 20.5 Å². The average Bonchev–Trinajstić information content (AvgIpc) is 2.49. The Morgan fingerprint density at radius 3 is 2.73 bits per heavy atom. The maximum atomic E-state index is 13.3. The Balaban J connectivity index is 2.96. The number of aromatic nitrogens is 2. The zero-order chi connectivity index (χ0) is 11.2. The highest BCUT2D eigenvalue weighted by atomic mass is 19.1. The molecule has 0 fully saturated rings. The van der Waals surface area contributed by atoms with E-state index in [1.165, 1.54) is 23.5 Å². The molecule has 0 bridgehead atoms. The third kappa shape index (κ3) is 1.27. The first-order valence-corrected chi connectivity index (χ1v) is 4.40. The van der Waals surface area contributed by atoms with E-state index >= 15 is 0 Å². The van der Waals surface area contributed by atoms with Crippen LogP contribution in [0.1, 0.15) is 21.9 Å². The molecule has 2 heterocycles. The highest BCUT2D eigenvalue weighted by Gasteiger charge is 2.17. The van der Waals surface area contributed by atoms with Gasteiger partial charge in [-0.15, -0.1) is 0 Å². The minimum absolute atomic E-state index is 0.0157. The molecule has 0 aliphatic heterocycles. The molecule has 78 valence electrons. The summed E-state index contributed by atoms with van der Waals surface area (Å²) in [5.74, 6) is -1.55. The molecule has 0 unspecified atom stereocenters. The van der Waals surface area contributed by atoms with E-state index in [0.717, 1.165) is 0 Å². The van der Waals surface area contributed by atoms with Gasteiger partial charge in [-0.25, -0.2) is 14.2 Å². The minimum Gasteiger partial charge on any atom is -0.477 e. The average molecular weight is 208 g/mol. The van der Waals surface area contributed by atoms with Gasteiger partial charge in [0.1, 0.15) is 11.5 Å². The van der Waals surface area contributed by atoms with Crippen molar-refractivity contribution >= 4 is 11.6 Å². The molecule has 0 aliphatic carbocycles. The lowest BCUT2D eigenvalue weighted by Crippen LogP contribution is -2.06. The Morgan fingerprint density at radius 2 is 2.13 bits per heavy atom. The summed E-state index contributed by atoms with van der Waals surface area (Å²) in [6.07, 6.45) is 0. The van der Waals surface area contributed by atoms with Crippen molar-refractivity contribution in [1.29, 1.82) is 0 Å². The Labute approximate surface area is 85.0 Å². The van der Waals surface area contributed by atoms with Gasteiger partial charge < -0.3 is 5.11 Å². The van der Waals surface area contributed by atoms with Crippen LogP contribution < -0.4 is 0 Å². The third-order valence-corrected chi connectivity index (χ3v) is 2.34. The van der Waals surface area contributed by atoms with Gasteiger partial charge in [0, 0.05) is 0 Å². The van der Waals surface area contributed by atoms with Crippen LogP contribution in [0.4, 0.5) is 4.39 Å². The number of rotatable bonds is 1. The van der Waals surface area contributed by atoms with E-state index in [9.17, 15) is 9.18 Å². The number of fused-ring (bicyclic) bond motifs is 1. The molecule has 4 nitrogen and oxygen atoms in total. The van der Waals surface area contributed by atoms with Gasteiger partial charge in [0.25, 0.3) is 0 Å². The van der Waals surface area contributed by atoms with Crippen molar-refractivity contribution in [1.82, 2.24) is 9.38 Å². The van der Waals surface area contributed by atoms with E-state index in [1.807, 2.05) is 0 Å². The molecule has 0 aromatic carbocycles. The number of hydrogen-bond donors (Lipinski definition) is 1. The van der Waals surface area contributed by atoms with Crippen molar-refractivity contribution in [2.24, 2.45) is 0 Å². The van der Waals surface area contributed by atoms with Crippen LogP contribution in [-0.2, 0) is 0 Å². The zero-order valence-corrected chi connectivity index (χ0v) is 8.28. The summed E-state index contributed by atoms with van der Waals surface area (Å²) in [5, 5.41) is 8.98. The first kappa shape index (κ1) is 9.64. The largest absolute Gasteiger partial charge is 0.477 e. The Morgan fingerprint density at radius 1 is 1.47 bits per heavy atom. The minimum atomic E-state index is -1.10. The summed E-state index contributed by atoms with van der Waals surface area (Å²) in [5.41, 5.74) is 1.10. The quantitative estimate of drug-likeness (QED) is 0.777. The van der Waals surface area contributed by atoms with Crippen LogP contribution in [0.5, 0.6) is 0 Å². The Bertz CT molecular complexity index is 560. The smallest absolute Gasteiger partial charge is 0.354 e. The lowest BCUT2D eigenvalue weighted by Gasteiger charge is -2.03. The predicted octanol–water partition coefficient (Wildman–Crippen LogP) is 1.79. The molecule has 0 saturated heterocycles. The summed E-state index contributed by atoms with van der Waals surface area (Å²) in [7, 11) is 0. The molecule has 15 heavy (non-hydrogen) atoms. The van der Waals surface area contributed by atoms with Gasteiger partial charge in [-0.2, -0.15) is 0 Å². The molecule has 0 radical (unpaired) electrons. The molecule has 2 aromatic heterocycles. The Hall–Kier alpha value is -1.91. The second-order valence-corrected chi connectivity index (χ2v) is 3.31. The lowest BCUT2D eigenvalue weighted by atomic mass is 10.3. The van der Waals surface area contributed by atoms with Crippen LogP contribution >= 0.6 is 0 Å². The van der Waals surface area contributed by atoms with Crippen LogP contribution in [0.25, 0.3) is 5.65 Å². The van der Waals surface area contributed by atoms with E-state index in [0.29, 0.717) is 11.3 Å². The highest BCUT2D eigenvalue weighted by Crippen LogP contribution is 2.16. The molecule has 0 aliphatic rings. The number of nitrogens with zero attached hydrogens (tertiary/aromatic N) is 2. The topological polar surface area (TPSA) is 54.6 Å². The van der Waals surface area contributed by atoms with Gasteiger partial charge in [-0.05, 0) is 26.0 Å². The highest BCUT2D eigenvalue weighted by molar-refractivity contribution is 5.88. The fraction of sp³-hybridized carbons (Fsp3) is 0.200. The molecule has 2 rings (SSSR count). The molecule has 0 atom stereocenters. The fourth-order valence-electron chi connectivity index (χ4n) is 1.63. The van der Waals surface area contributed by atoms with Crippen LogP contribution in [0.15, 0.2) is 12.1 Å². The molecule has 0 spiro atoms. The van der Waals surface area contributed by atoms with Crippen LogP contribution in [0.3, 0.4) is 0 Å². The van der Waals surface area contributed by atoms with E-state index in [4.69, 9.17) is 5.11 Å². The maximum absolute atomic E-state index is 13.3. The summed E-state index contributed by atoms with van der Waals surface area (Å²) in [6, 6.07) is 2.74. The van der Waals surface area contributed by atoms with Crippen molar-refractivity contribution in [3.63, 3.8) is 0 Å². The molecule has 0 saturated carbocycles. The van der Waals surface area contributed by atoms with Crippen molar-refractivity contribution in [3.05, 3.63) is 35.0 Å². The van der Waals surface area contributed by atoms with E-state index < -0.39 is 11.8 Å². The second-order valence-electron chi connectivity index (χ2n) is 3.31. The molecule has 5 heteroatoms. The number of carboxylic acids is 1. The first-order valence-electron chi connectivity index (χ1n) is 4.40. The van der Waals surface area contributed by atoms with Gasteiger partial charge in [-0.3, -0.25) is 4.40 Å². The normalized spacial score (nSPS) is 10.9. The van der Waals surface area contributed by atoms with Gasteiger partial charge >= 0.3 is 5.97 Å². The molecular formula is C10H9FN2O2. The molecular weight excluding hydrogens is 199 g/mol. The number of aromatic carboxylic acids is 1. The SMILES string of the molecule is Cc1nc2ccc(F)c(C)n2c1C(=O)O. The van der Waals surface area contributed by atoms with Gasteiger partial charge in [-0.1, -0.05) is 0 Å². The van der Waals surface area contributed by atoms with Gasteiger partial charge in [0.15, 0.2) is 5.69 Å². The summed E-state index contributed by atoms with van der Waals surface area (Å²) >= 11 is 0. The fourth-order valence-corrected chi connectivity index (χ4v) is 1.63. The van der Waals surface area contributed by atoms with E-state index in [-0.39, 0.29) is 11.4 Å². The maximum Gasteiger partial charge on any atom is 0.354 e. The summed E-state index contributed by atoms with van der Waals surface area (Å²) < 4.78 is 14.6. The van der Waals surface area contributed by atoms with Crippen LogP contribution in [0, 0.1) is 19.7 Å². The monoisotopic (exact) mass is 208 g/mol. The standard InChI is InChI=1S/C10H9FN2O2/c1-5-9(10(14)15)13-6(2)7(11)3-4-8(13)12-5/h3-4H,1-2H3,(H,14,15).